The molecule has 1 saturated heterocycles. The van der Waals surface area contributed by atoms with E-state index in [2.05, 4.69) is 22.0 Å². The van der Waals surface area contributed by atoms with E-state index in [1.54, 1.807) is 18.2 Å². The largest absolute Gasteiger partial charge is 0.486 e. The summed E-state index contributed by atoms with van der Waals surface area (Å²) in [6.07, 6.45) is 0. The lowest BCUT2D eigenvalue weighted by Crippen LogP contribution is -2.46. The van der Waals surface area contributed by atoms with Crippen LogP contribution < -0.4 is 14.4 Å². The number of rotatable bonds is 6. The van der Waals surface area contributed by atoms with Crippen molar-refractivity contribution in [3.8, 4) is 23.0 Å². The molecule has 1 aromatic heterocycles. The number of nitrogens with zero attached hydrogens (tertiary/aromatic N) is 3. The van der Waals surface area contributed by atoms with Crippen LogP contribution in [0.1, 0.15) is 5.56 Å². The lowest BCUT2D eigenvalue weighted by molar-refractivity contribution is 0.171. The second-order valence-corrected chi connectivity index (χ2v) is 11.0. The third-order valence-electron chi connectivity index (χ3n) is 6.67. The van der Waals surface area contributed by atoms with E-state index < -0.39 is 15.7 Å². The summed E-state index contributed by atoms with van der Waals surface area (Å²) in [5, 5.41) is -0.246. The smallest absolute Gasteiger partial charge is 0.236 e. The number of ether oxygens (including phenoxy) is 2. The van der Waals surface area contributed by atoms with Crippen LogP contribution in [0.2, 0.25) is 0 Å². The molecular weight excluding hydrogens is 509 g/mol. The van der Waals surface area contributed by atoms with Crippen LogP contribution in [0.25, 0.3) is 11.5 Å². The Kier molecular flexibility index (Phi) is 6.50. The topological polar surface area (TPSA) is 85.1 Å². The van der Waals surface area contributed by atoms with Gasteiger partial charge in [0.1, 0.15) is 19.0 Å². The molecule has 0 radical (unpaired) electrons. The van der Waals surface area contributed by atoms with Crippen molar-refractivity contribution in [2.45, 2.75) is 16.5 Å². The third kappa shape index (κ3) is 4.72. The minimum Gasteiger partial charge on any atom is -0.486 e. The molecule has 2 aliphatic heterocycles. The van der Waals surface area contributed by atoms with Crippen molar-refractivity contribution in [1.82, 2.24) is 9.88 Å². The van der Waals surface area contributed by atoms with E-state index in [-0.39, 0.29) is 27.3 Å². The molecule has 0 unspecified atom stereocenters. The van der Waals surface area contributed by atoms with Crippen molar-refractivity contribution in [1.29, 1.82) is 0 Å². The van der Waals surface area contributed by atoms with Gasteiger partial charge < -0.3 is 18.8 Å². The molecule has 3 heterocycles. The first-order chi connectivity index (χ1) is 18.5. The Bertz CT molecular complexity index is 1550. The molecule has 0 saturated carbocycles. The summed E-state index contributed by atoms with van der Waals surface area (Å²) in [4.78, 5) is 8.51. The first kappa shape index (κ1) is 24.4. The molecule has 2 aliphatic rings. The van der Waals surface area contributed by atoms with Gasteiger partial charge >= 0.3 is 0 Å². The first-order valence-electron chi connectivity index (χ1n) is 12.4. The van der Waals surface area contributed by atoms with E-state index in [0.717, 1.165) is 6.54 Å². The highest BCUT2D eigenvalue weighted by atomic mass is 32.2. The van der Waals surface area contributed by atoms with Gasteiger partial charge in [0, 0.05) is 38.8 Å². The molecule has 0 amide bonds. The van der Waals surface area contributed by atoms with Crippen LogP contribution in [0.15, 0.2) is 87.1 Å². The molecule has 0 bridgehead atoms. The fraction of sp³-hybridized carbons (Fsp3) is 0.250. The van der Waals surface area contributed by atoms with Crippen molar-refractivity contribution >= 4 is 15.7 Å². The van der Waals surface area contributed by atoms with E-state index in [4.69, 9.17) is 13.9 Å². The molecule has 3 aromatic carbocycles. The highest BCUT2D eigenvalue weighted by molar-refractivity contribution is 7.91. The Morgan fingerprint density at radius 1 is 0.842 bits per heavy atom. The number of anilines is 1. The monoisotopic (exact) mass is 535 g/mol. The van der Waals surface area contributed by atoms with Crippen molar-refractivity contribution < 1.29 is 26.7 Å². The van der Waals surface area contributed by atoms with Crippen LogP contribution in [-0.4, -0.2) is 57.7 Å². The van der Waals surface area contributed by atoms with Crippen LogP contribution in [0.5, 0.6) is 11.5 Å². The van der Waals surface area contributed by atoms with Crippen LogP contribution in [0, 0.1) is 5.82 Å². The van der Waals surface area contributed by atoms with E-state index in [9.17, 15) is 12.8 Å². The number of fused-ring (bicyclic) bond motifs is 1. The predicted molar refractivity (Wildman–Crippen MR) is 139 cm³/mol. The van der Waals surface area contributed by atoms with Crippen molar-refractivity contribution in [3.05, 3.63) is 84.2 Å². The summed E-state index contributed by atoms with van der Waals surface area (Å²) in [6, 6.07) is 20.7. The van der Waals surface area contributed by atoms with Crippen molar-refractivity contribution in [3.63, 3.8) is 0 Å². The van der Waals surface area contributed by atoms with Crippen molar-refractivity contribution in [2.24, 2.45) is 0 Å². The molecule has 6 rings (SSSR count). The zero-order valence-electron chi connectivity index (χ0n) is 20.5. The van der Waals surface area contributed by atoms with Crippen LogP contribution in [-0.2, 0) is 16.4 Å². The minimum atomic E-state index is -4.13. The quantitative estimate of drug-likeness (QED) is 0.359. The van der Waals surface area contributed by atoms with Gasteiger partial charge in [0.2, 0.25) is 26.6 Å². The molecule has 1 fully saturated rings. The second-order valence-electron chi connectivity index (χ2n) is 9.17. The highest BCUT2D eigenvalue weighted by Crippen LogP contribution is 2.39. The number of hydrogen-bond donors (Lipinski definition) is 0. The van der Waals surface area contributed by atoms with E-state index in [1.807, 2.05) is 23.1 Å². The number of benzene rings is 3. The lowest BCUT2D eigenvalue weighted by atomic mass is 10.2. The Balaban J connectivity index is 1.34. The summed E-state index contributed by atoms with van der Waals surface area (Å²) >= 11 is 0. The summed E-state index contributed by atoms with van der Waals surface area (Å²) in [7, 11) is -4.13. The fourth-order valence-corrected chi connectivity index (χ4v) is 6.01. The van der Waals surface area contributed by atoms with Gasteiger partial charge in [-0.2, -0.15) is 4.98 Å². The van der Waals surface area contributed by atoms with Gasteiger partial charge in [0.15, 0.2) is 11.5 Å². The molecular formula is C28H26FN3O5S. The first-order valence-corrected chi connectivity index (χ1v) is 13.9. The normalized spacial score (nSPS) is 16.0. The van der Waals surface area contributed by atoms with Gasteiger partial charge in [-0.05, 0) is 29.8 Å². The molecule has 38 heavy (non-hydrogen) atoms. The van der Waals surface area contributed by atoms with E-state index >= 15 is 0 Å². The Labute approximate surface area is 220 Å². The standard InChI is InChI=1S/C28H26FN3O5S/c29-23-9-5-4-8-22(23)26-30-27(38(33,34)21-10-11-24-25(18-21)36-17-16-35-24)28(37-26)32-14-12-31(13-15-32)19-20-6-2-1-3-7-20/h1-11,18H,12-17,19H2. The molecule has 0 spiro atoms. The van der Waals surface area contributed by atoms with Gasteiger partial charge in [0.05, 0.1) is 10.5 Å². The van der Waals surface area contributed by atoms with Crippen LogP contribution in [0.4, 0.5) is 10.3 Å². The average Bonchev–Trinajstić information content (AvgIpc) is 3.40. The molecule has 10 heteroatoms. The van der Waals surface area contributed by atoms with Gasteiger partial charge in [-0.15, -0.1) is 0 Å². The number of piperazine rings is 1. The molecule has 196 valence electrons. The Morgan fingerprint density at radius 2 is 1.55 bits per heavy atom. The minimum absolute atomic E-state index is 0.000836. The fourth-order valence-electron chi connectivity index (χ4n) is 4.68. The zero-order chi connectivity index (χ0) is 26.1. The Morgan fingerprint density at radius 3 is 2.32 bits per heavy atom. The van der Waals surface area contributed by atoms with Crippen molar-refractivity contribution in [2.75, 3.05) is 44.3 Å². The predicted octanol–water partition coefficient (Wildman–Crippen LogP) is 4.41. The maximum atomic E-state index is 14.6. The van der Waals surface area contributed by atoms with Crippen LogP contribution in [0.3, 0.4) is 0 Å². The lowest BCUT2D eigenvalue weighted by Gasteiger charge is -2.34. The molecule has 0 N–H and O–H groups in total. The van der Waals surface area contributed by atoms with Gasteiger partial charge in [-0.25, -0.2) is 12.8 Å². The zero-order valence-corrected chi connectivity index (χ0v) is 21.4. The summed E-state index contributed by atoms with van der Waals surface area (Å²) in [5.41, 5.74) is 1.31. The molecule has 0 atom stereocenters. The average molecular weight is 536 g/mol. The van der Waals surface area contributed by atoms with E-state index in [0.29, 0.717) is 50.9 Å². The maximum absolute atomic E-state index is 14.6. The second kappa shape index (κ2) is 10.1. The summed E-state index contributed by atoms with van der Waals surface area (Å²) in [6.45, 7) is 3.99. The maximum Gasteiger partial charge on any atom is 0.236 e. The van der Waals surface area contributed by atoms with Gasteiger partial charge in [-0.1, -0.05) is 42.5 Å². The molecule has 8 nitrogen and oxygen atoms in total. The third-order valence-corrected chi connectivity index (χ3v) is 8.32. The summed E-state index contributed by atoms with van der Waals surface area (Å²) in [5.74, 6) is 0.318. The van der Waals surface area contributed by atoms with Crippen LogP contribution >= 0.6 is 0 Å². The number of hydrogen-bond acceptors (Lipinski definition) is 8. The summed E-state index contributed by atoms with van der Waals surface area (Å²) < 4.78 is 59.5. The highest BCUT2D eigenvalue weighted by Gasteiger charge is 2.34. The number of oxazole rings is 1. The number of halogens is 1. The number of aromatic nitrogens is 1. The van der Waals surface area contributed by atoms with E-state index in [1.165, 1.54) is 29.8 Å². The number of sulfone groups is 1. The Hall–Kier alpha value is -3.89. The molecule has 0 aliphatic carbocycles. The van der Waals surface area contributed by atoms with Gasteiger partial charge in [-0.3, -0.25) is 4.90 Å². The molecule has 4 aromatic rings. The SMILES string of the molecule is O=S(=O)(c1ccc2c(c1)OCCO2)c1nc(-c2ccccc2F)oc1N1CCN(Cc2ccccc2)CC1. The van der Waals surface area contributed by atoms with Gasteiger partial charge in [0.25, 0.3) is 0 Å².